The van der Waals surface area contributed by atoms with Gasteiger partial charge in [-0.25, -0.2) is 13.2 Å². The molecule has 0 spiro atoms. The van der Waals surface area contributed by atoms with Crippen LogP contribution in [-0.2, 0) is 10.0 Å². The Balaban J connectivity index is 2.33. The average Bonchev–Trinajstić information content (AvgIpc) is 2.83. The third-order valence-corrected chi connectivity index (χ3v) is 5.83. The first-order valence-corrected chi connectivity index (χ1v) is 9.04. The van der Waals surface area contributed by atoms with Crippen molar-refractivity contribution in [1.82, 2.24) is 0 Å². The normalized spacial score (nSPS) is 11.3. The van der Waals surface area contributed by atoms with Gasteiger partial charge in [0, 0.05) is 14.3 Å². The second kappa shape index (κ2) is 5.84. The van der Waals surface area contributed by atoms with Crippen molar-refractivity contribution in [3.05, 3.63) is 43.5 Å². The minimum atomic E-state index is -3.81. The molecule has 0 saturated heterocycles. The highest BCUT2D eigenvalue weighted by atomic mass is 79.9. The van der Waals surface area contributed by atoms with E-state index in [1.54, 1.807) is 18.2 Å². The highest BCUT2D eigenvalue weighted by Crippen LogP contribution is 2.29. The van der Waals surface area contributed by atoms with Crippen molar-refractivity contribution in [2.75, 3.05) is 4.72 Å². The molecule has 0 aliphatic carbocycles. The number of halogens is 2. The molecule has 1 aromatic carbocycles. The van der Waals surface area contributed by atoms with E-state index >= 15 is 0 Å². The lowest BCUT2D eigenvalue weighted by Crippen LogP contribution is -2.12. The van der Waals surface area contributed by atoms with Crippen LogP contribution in [0.1, 0.15) is 9.67 Å². The van der Waals surface area contributed by atoms with Crippen molar-refractivity contribution in [3.8, 4) is 0 Å². The fourth-order valence-corrected chi connectivity index (χ4v) is 4.82. The zero-order valence-electron chi connectivity index (χ0n) is 9.63. The number of hydrogen-bond donors (Lipinski definition) is 2. The van der Waals surface area contributed by atoms with Crippen LogP contribution in [0, 0.1) is 0 Å². The molecular weight excluding hydrogens is 434 g/mol. The lowest BCUT2D eigenvalue weighted by Gasteiger charge is -2.08. The summed E-state index contributed by atoms with van der Waals surface area (Å²) in [5, 5.41) is 10.1. The lowest BCUT2D eigenvalue weighted by molar-refractivity contribution is 0.0702. The molecule has 20 heavy (non-hydrogen) atoms. The summed E-state index contributed by atoms with van der Waals surface area (Å²) >= 11 is 7.39. The standard InChI is InChI=1S/C11H7Br2NO4S2/c12-6-1-2-9(8(13)3-6)14-20(17,18)7-4-10(11(15)16)19-5-7/h1-5,14H,(H,15,16). The van der Waals surface area contributed by atoms with Crippen LogP contribution in [0.15, 0.2) is 43.5 Å². The molecule has 2 N–H and O–H groups in total. The number of carboxylic acid groups (broad SMARTS) is 1. The Morgan fingerprint density at radius 3 is 2.50 bits per heavy atom. The van der Waals surface area contributed by atoms with Crippen molar-refractivity contribution in [1.29, 1.82) is 0 Å². The number of nitrogens with one attached hydrogen (secondary N) is 1. The van der Waals surface area contributed by atoms with E-state index in [2.05, 4.69) is 36.6 Å². The molecule has 2 aromatic rings. The molecule has 1 heterocycles. The molecule has 0 unspecified atom stereocenters. The van der Waals surface area contributed by atoms with Gasteiger partial charge in [0.1, 0.15) is 4.88 Å². The molecule has 0 fully saturated rings. The fourth-order valence-electron chi connectivity index (χ4n) is 1.35. The minimum absolute atomic E-state index is 0.0275. The van der Waals surface area contributed by atoms with Gasteiger partial charge in [-0.15, -0.1) is 11.3 Å². The second-order valence-corrected chi connectivity index (χ2v) is 8.05. The molecule has 0 atom stereocenters. The zero-order valence-corrected chi connectivity index (χ0v) is 14.4. The molecular formula is C11H7Br2NO4S2. The van der Waals surface area contributed by atoms with Crippen LogP contribution < -0.4 is 4.72 Å². The lowest BCUT2D eigenvalue weighted by atomic mass is 10.3. The number of sulfonamides is 1. The highest BCUT2D eigenvalue weighted by Gasteiger charge is 2.19. The van der Waals surface area contributed by atoms with Crippen LogP contribution in [0.25, 0.3) is 0 Å². The number of thiophene rings is 1. The molecule has 0 aliphatic heterocycles. The first-order valence-electron chi connectivity index (χ1n) is 5.09. The van der Waals surface area contributed by atoms with Crippen molar-refractivity contribution in [2.45, 2.75) is 4.90 Å². The predicted molar refractivity (Wildman–Crippen MR) is 83.9 cm³/mol. The summed E-state index contributed by atoms with van der Waals surface area (Å²) in [6, 6.07) is 6.12. The number of anilines is 1. The van der Waals surface area contributed by atoms with Gasteiger partial charge in [0.25, 0.3) is 10.0 Å². The van der Waals surface area contributed by atoms with Crippen LogP contribution in [0.5, 0.6) is 0 Å². The molecule has 0 aliphatic rings. The summed E-state index contributed by atoms with van der Waals surface area (Å²) in [7, 11) is -3.81. The summed E-state index contributed by atoms with van der Waals surface area (Å²) < 4.78 is 28.1. The number of carboxylic acids is 1. The number of aromatic carboxylic acids is 1. The van der Waals surface area contributed by atoms with Gasteiger partial charge < -0.3 is 5.11 Å². The highest BCUT2D eigenvalue weighted by molar-refractivity contribution is 9.11. The van der Waals surface area contributed by atoms with Crippen molar-refractivity contribution >= 4 is 64.9 Å². The van der Waals surface area contributed by atoms with Gasteiger partial charge >= 0.3 is 5.97 Å². The Kier molecular flexibility index (Phi) is 4.52. The topological polar surface area (TPSA) is 83.5 Å². The summed E-state index contributed by atoms with van der Waals surface area (Å²) in [5.74, 6) is -1.15. The maximum atomic E-state index is 12.1. The Morgan fingerprint density at radius 2 is 1.95 bits per heavy atom. The van der Waals surface area contributed by atoms with E-state index in [1.165, 1.54) is 5.38 Å². The van der Waals surface area contributed by atoms with Crippen LogP contribution in [0.4, 0.5) is 5.69 Å². The summed E-state index contributed by atoms with van der Waals surface area (Å²) in [5.41, 5.74) is 0.372. The van der Waals surface area contributed by atoms with E-state index in [1.807, 2.05) is 0 Å². The molecule has 106 valence electrons. The van der Waals surface area contributed by atoms with Gasteiger partial charge in [0.15, 0.2) is 0 Å². The number of hydrogen-bond acceptors (Lipinski definition) is 4. The van der Waals surface area contributed by atoms with Crippen LogP contribution >= 0.6 is 43.2 Å². The van der Waals surface area contributed by atoms with E-state index in [-0.39, 0.29) is 9.77 Å². The Labute approximate surface area is 135 Å². The van der Waals surface area contributed by atoms with E-state index in [9.17, 15) is 13.2 Å². The number of carbonyl (C=O) groups is 1. The van der Waals surface area contributed by atoms with E-state index < -0.39 is 16.0 Å². The summed E-state index contributed by atoms with van der Waals surface area (Å²) in [6.07, 6.45) is 0. The van der Waals surface area contributed by atoms with E-state index in [0.29, 0.717) is 10.2 Å². The van der Waals surface area contributed by atoms with Gasteiger partial charge in [-0.3, -0.25) is 4.72 Å². The van der Waals surface area contributed by atoms with E-state index in [4.69, 9.17) is 5.11 Å². The van der Waals surface area contributed by atoms with Gasteiger partial charge in [0.05, 0.1) is 10.6 Å². The Bertz CT molecular complexity index is 770. The van der Waals surface area contributed by atoms with Gasteiger partial charge in [0.2, 0.25) is 0 Å². The SMILES string of the molecule is O=C(O)c1cc(S(=O)(=O)Nc2ccc(Br)cc2Br)cs1. The largest absolute Gasteiger partial charge is 0.477 e. The number of rotatable bonds is 4. The maximum Gasteiger partial charge on any atom is 0.345 e. The van der Waals surface area contributed by atoms with Crippen molar-refractivity contribution < 1.29 is 18.3 Å². The maximum absolute atomic E-state index is 12.1. The first kappa shape index (κ1) is 15.5. The Morgan fingerprint density at radius 1 is 1.25 bits per heavy atom. The summed E-state index contributed by atoms with van der Waals surface area (Å²) in [6.45, 7) is 0. The zero-order chi connectivity index (χ0) is 14.9. The van der Waals surface area contributed by atoms with Crippen molar-refractivity contribution in [2.24, 2.45) is 0 Å². The first-order chi connectivity index (χ1) is 9.29. The second-order valence-electron chi connectivity index (χ2n) is 3.68. The molecule has 5 nitrogen and oxygen atoms in total. The average molecular weight is 441 g/mol. The van der Waals surface area contributed by atoms with Crippen molar-refractivity contribution in [3.63, 3.8) is 0 Å². The quantitative estimate of drug-likeness (QED) is 0.757. The van der Waals surface area contributed by atoms with E-state index in [0.717, 1.165) is 21.9 Å². The molecule has 0 amide bonds. The third kappa shape index (κ3) is 3.40. The third-order valence-electron chi connectivity index (χ3n) is 2.27. The monoisotopic (exact) mass is 439 g/mol. The molecule has 0 saturated carbocycles. The molecule has 0 bridgehead atoms. The fraction of sp³-hybridized carbons (Fsp3) is 0. The predicted octanol–water partition coefficient (Wildman–Crippen LogP) is 3.77. The van der Waals surface area contributed by atoms with Crippen LogP contribution in [-0.4, -0.2) is 19.5 Å². The summed E-state index contributed by atoms with van der Waals surface area (Å²) in [4.78, 5) is 10.7. The Hall–Kier alpha value is -0.900. The van der Waals surface area contributed by atoms with Gasteiger partial charge in [-0.05, 0) is 40.2 Å². The minimum Gasteiger partial charge on any atom is -0.477 e. The van der Waals surface area contributed by atoms with Gasteiger partial charge in [-0.2, -0.15) is 0 Å². The molecule has 0 radical (unpaired) electrons. The molecule has 1 aromatic heterocycles. The van der Waals surface area contributed by atoms with Crippen LogP contribution in [0.3, 0.4) is 0 Å². The van der Waals surface area contributed by atoms with Crippen LogP contribution in [0.2, 0.25) is 0 Å². The molecule has 2 rings (SSSR count). The number of benzene rings is 1. The smallest absolute Gasteiger partial charge is 0.345 e. The van der Waals surface area contributed by atoms with Gasteiger partial charge in [-0.1, -0.05) is 15.9 Å². The molecule has 9 heteroatoms.